The predicted octanol–water partition coefficient (Wildman–Crippen LogP) is 5.67. The fourth-order valence-electron chi connectivity index (χ4n) is 6.53. The molecule has 0 unspecified atom stereocenters. The Labute approximate surface area is 284 Å². The molecule has 2 saturated carbocycles. The van der Waals surface area contributed by atoms with Crippen molar-refractivity contribution in [1.29, 1.82) is 0 Å². The molecule has 0 radical (unpaired) electrons. The largest absolute Gasteiger partial charge is 0.497 e. The molecule has 5 aromatic rings. The number of pyridine rings is 2. The zero-order valence-corrected chi connectivity index (χ0v) is 28.0. The van der Waals surface area contributed by atoms with Gasteiger partial charge in [0.1, 0.15) is 17.2 Å². The lowest BCUT2D eigenvalue weighted by molar-refractivity contribution is -0.147. The normalized spacial score (nSPS) is 20.6. The van der Waals surface area contributed by atoms with Gasteiger partial charge in [0.15, 0.2) is 11.3 Å². The molecule has 1 aromatic carbocycles. The summed E-state index contributed by atoms with van der Waals surface area (Å²) in [5.74, 6) is 2.20. The highest BCUT2D eigenvalue weighted by atomic mass is 16.5. The first-order valence-corrected chi connectivity index (χ1v) is 16.7. The minimum Gasteiger partial charge on any atom is -0.497 e. The molecule has 0 aliphatic heterocycles. The SMILES string of the molecule is COC(=O)C1CCC(Oc2ccnc3[nH]ncc23)CC1.COC(=O)C1CCC(Oc2ccnc3c2cnn3Cc2ccc(OC)cc2)CC1. The highest BCUT2D eigenvalue weighted by molar-refractivity contribution is 5.82. The Balaban J connectivity index is 0.000000182. The average molecular weight is 671 g/mol. The lowest BCUT2D eigenvalue weighted by Crippen LogP contribution is -2.28. The van der Waals surface area contributed by atoms with Crippen LogP contribution in [0, 0.1) is 11.8 Å². The Morgan fingerprint density at radius 1 is 0.735 bits per heavy atom. The van der Waals surface area contributed by atoms with Crippen molar-refractivity contribution in [2.24, 2.45) is 11.8 Å². The van der Waals surface area contributed by atoms with Crippen molar-refractivity contribution >= 4 is 34.0 Å². The fraction of sp³-hybridized carbons (Fsp3) is 0.444. The maximum Gasteiger partial charge on any atom is 0.308 e. The van der Waals surface area contributed by atoms with Crippen molar-refractivity contribution in [2.75, 3.05) is 21.3 Å². The minimum absolute atomic E-state index is 0.00967. The van der Waals surface area contributed by atoms with Crippen LogP contribution in [-0.2, 0) is 25.6 Å². The van der Waals surface area contributed by atoms with E-state index in [-0.39, 0.29) is 36.0 Å². The molecule has 2 aliphatic rings. The van der Waals surface area contributed by atoms with Crippen molar-refractivity contribution < 1.29 is 33.3 Å². The number of hydrogen-bond acceptors (Lipinski definition) is 11. The third-order valence-electron chi connectivity index (χ3n) is 9.31. The first-order valence-electron chi connectivity index (χ1n) is 16.7. The molecule has 13 heteroatoms. The minimum atomic E-state index is -0.116. The first-order chi connectivity index (χ1) is 23.9. The Kier molecular flexibility index (Phi) is 10.9. The Hall–Kier alpha value is -5.20. The van der Waals surface area contributed by atoms with E-state index >= 15 is 0 Å². The molecule has 258 valence electrons. The molecule has 2 aliphatic carbocycles. The third-order valence-corrected chi connectivity index (χ3v) is 9.31. The monoisotopic (exact) mass is 670 g/mol. The van der Waals surface area contributed by atoms with Gasteiger partial charge in [0, 0.05) is 12.4 Å². The summed E-state index contributed by atoms with van der Waals surface area (Å²) in [4.78, 5) is 31.9. The molecule has 0 saturated heterocycles. The molecule has 4 heterocycles. The summed E-state index contributed by atoms with van der Waals surface area (Å²) < 4.78 is 29.0. The number of nitrogens with one attached hydrogen (secondary N) is 1. The van der Waals surface area contributed by atoms with Crippen LogP contribution >= 0.6 is 0 Å². The van der Waals surface area contributed by atoms with Crippen molar-refractivity contribution in [3.8, 4) is 17.2 Å². The van der Waals surface area contributed by atoms with Gasteiger partial charge in [-0.1, -0.05) is 12.1 Å². The van der Waals surface area contributed by atoms with E-state index in [9.17, 15) is 9.59 Å². The molecule has 7 rings (SSSR count). The van der Waals surface area contributed by atoms with Crippen molar-refractivity contribution in [3.05, 3.63) is 66.7 Å². The zero-order valence-electron chi connectivity index (χ0n) is 28.0. The summed E-state index contributed by atoms with van der Waals surface area (Å²) in [5.41, 5.74) is 2.64. The summed E-state index contributed by atoms with van der Waals surface area (Å²) in [6.07, 6.45) is 13.8. The zero-order chi connectivity index (χ0) is 34.2. The summed E-state index contributed by atoms with van der Waals surface area (Å²) in [7, 11) is 4.54. The maximum absolute atomic E-state index is 11.7. The van der Waals surface area contributed by atoms with E-state index in [4.69, 9.17) is 23.7 Å². The number of carbonyl (C=O) groups is 2. The van der Waals surface area contributed by atoms with Gasteiger partial charge in [0.05, 0.1) is 75.1 Å². The molecule has 0 spiro atoms. The van der Waals surface area contributed by atoms with E-state index in [2.05, 4.69) is 25.3 Å². The number of aromatic amines is 1. The number of H-pyrrole nitrogens is 1. The van der Waals surface area contributed by atoms with Crippen LogP contribution in [0.25, 0.3) is 22.1 Å². The smallest absolute Gasteiger partial charge is 0.308 e. The van der Waals surface area contributed by atoms with Gasteiger partial charge in [-0.3, -0.25) is 14.7 Å². The summed E-state index contributed by atoms with van der Waals surface area (Å²) in [5, 5.41) is 13.1. The Morgan fingerprint density at radius 3 is 1.88 bits per heavy atom. The number of aromatic nitrogens is 6. The van der Waals surface area contributed by atoms with Crippen molar-refractivity contribution in [3.63, 3.8) is 0 Å². The van der Waals surface area contributed by atoms with Gasteiger partial charge in [0.2, 0.25) is 0 Å². The van der Waals surface area contributed by atoms with Crippen LogP contribution in [0.4, 0.5) is 0 Å². The topological polar surface area (TPSA) is 153 Å². The molecular weight excluding hydrogens is 628 g/mol. The number of ether oxygens (including phenoxy) is 5. The summed E-state index contributed by atoms with van der Waals surface area (Å²) in [6, 6.07) is 11.7. The second-order valence-corrected chi connectivity index (χ2v) is 12.4. The molecule has 13 nitrogen and oxygen atoms in total. The van der Waals surface area contributed by atoms with Gasteiger partial charge in [0.25, 0.3) is 0 Å². The lowest BCUT2D eigenvalue weighted by atomic mass is 9.87. The number of fused-ring (bicyclic) bond motifs is 2. The molecule has 2 fully saturated rings. The van der Waals surface area contributed by atoms with Crippen molar-refractivity contribution in [1.82, 2.24) is 29.9 Å². The van der Waals surface area contributed by atoms with Crippen LogP contribution in [0.2, 0.25) is 0 Å². The van der Waals surface area contributed by atoms with Gasteiger partial charge < -0.3 is 23.7 Å². The number of carbonyl (C=O) groups excluding carboxylic acids is 2. The number of esters is 2. The highest BCUT2D eigenvalue weighted by Crippen LogP contribution is 2.32. The summed E-state index contributed by atoms with van der Waals surface area (Å²) in [6.45, 7) is 0.619. The quantitative estimate of drug-likeness (QED) is 0.193. The molecule has 0 bridgehead atoms. The average Bonchev–Trinajstić information content (AvgIpc) is 3.81. The lowest BCUT2D eigenvalue weighted by Gasteiger charge is -2.27. The first kappa shape index (κ1) is 33.7. The molecule has 4 aromatic heterocycles. The predicted molar refractivity (Wildman–Crippen MR) is 180 cm³/mol. The van der Waals surface area contributed by atoms with E-state index < -0.39 is 0 Å². The van der Waals surface area contributed by atoms with Gasteiger partial charge in [-0.05, 0) is 81.2 Å². The van der Waals surface area contributed by atoms with E-state index in [0.717, 1.165) is 96.2 Å². The fourth-order valence-corrected chi connectivity index (χ4v) is 6.53. The number of nitrogens with zero attached hydrogens (tertiary/aromatic N) is 5. The van der Waals surface area contributed by atoms with Crippen LogP contribution in [0.15, 0.2) is 61.2 Å². The molecule has 0 amide bonds. The molecule has 0 atom stereocenters. The maximum atomic E-state index is 11.7. The standard InChI is InChI=1S/C22H25N3O4.C14H17N3O3/c1-27-17-7-3-15(4-8-17)14-25-21-19(13-24-25)20(11-12-23-21)29-18-9-5-16(6-10-18)22(26)28-2;1-19-14(18)9-2-4-10(5-3-9)20-12-6-7-15-13-11(12)8-16-17-13/h3-4,7-8,11-13,16,18H,5-6,9-10,14H2,1-2H3;6-10H,2-5H2,1H3,(H,15,16,17). The molecule has 1 N–H and O–H groups in total. The second kappa shape index (κ2) is 15.8. The van der Waals surface area contributed by atoms with Crippen LogP contribution in [0.3, 0.4) is 0 Å². The van der Waals surface area contributed by atoms with Crippen LogP contribution in [-0.4, -0.2) is 75.4 Å². The second-order valence-electron chi connectivity index (χ2n) is 12.4. The molecule has 49 heavy (non-hydrogen) atoms. The summed E-state index contributed by atoms with van der Waals surface area (Å²) >= 11 is 0. The van der Waals surface area contributed by atoms with Gasteiger partial charge in [-0.25, -0.2) is 14.6 Å². The number of benzene rings is 1. The third kappa shape index (κ3) is 8.10. The van der Waals surface area contributed by atoms with E-state index in [1.54, 1.807) is 31.9 Å². The van der Waals surface area contributed by atoms with E-state index in [1.165, 1.54) is 14.2 Å². The Bertz CT molecular complexity index is 1840. The van der Waals surface area contributed by atoms with E-state index in [1.807, 2.05) is 41.1 Å². The van der Waals surface area contributed by atoms with Gasteiger partial charge in [-0.15, -0.1) is 0 Å². The van der Waals surface area contributed by atoms with E-state index in [0.29, 0.717) is 6.54 Å². The van der Waals surface area contributed by atoms with Gasteiger partial charge >= 0.3 is 11.9 Å². The van der Waals surface area contributed by atoms with Crippen molar-refractivity contribution in [2.45, 2.75) is 70.1 Å². The number of hydrogen-bond donors (Lipinski definition) is 1. The Morgan fingerprint density at radius 2 is 1.31 bits per heavy atom. The molecular formula is C36H42N6O7. The number of rotatable bonds is 9. The van der Waals surface area contributed by atoms with Crippen LogP contribution in [0.1, 0.15) is 56.9 Å². The van der Waals surface area contributed by atoms with Gasteiger partial charge in [-0.2, -0.15) is 10.2 Å². The van der Waals surface area contributed by atoms with Crippen LogP contribution < -0.4 is 14.2 Å². The number of methoxy groups -OCH3 is 3. The van der Waals surface area contributed by atoms with Crippen LogP contribution in [0.5, 0.6) is 17.2 Å². The highest BCUT2D eigenvalue weighted by Gasteiger charge is 2.29.